The molecule has 1 saturated heterocycles. The second-order valence-electron chi connectivity index (χ2n) is 4.44. The summed E-state index contributed by atoms with van der Waals surface area (Å²) in [6, 6.07) is 7.59. The van der Waals surface area contributed by atoms with Crippen molar-refractivity contribution in [1.29, 1.82) is 0 Å². The number of benzene rings is 1. The molecule has 1 fully saturated rings. The van der Waals surface area contributed by atoms with Crippen molar-refractivity contribution in [3.05, 3.63) is 35.4 Å². The SMILES string of the molecule is O=C1NC(=O)C2(CCc3ccccc3C2Br)N1. The third kappa shape index (κ3) is 1.42. The summed E-state index contributed by atoms with van der Waals surface area (Å²) >= 11 is 3.56. The quantitative estimate of drug-likeness (QED) is 0.565. The highest BCUT2D eigenvalue weighted by Crippen LogP contribution is 2.44. The Labute approximate surface area is 107 Å². The van der Waals surface area contributed by atoms with Crippen LogP contribution in [0.5, 0.6) is 0 Å². The third-order valence-electron chi connectivity index (χ3n) is 3.52. The lowest BCUT2D eigenvalue weighted by Crippen LogP contribution is -2.52. The lowest BCUT2D eigenvalue weighted by molar-refractivity contribution is -0.124. The number of carbonyl (C=O) groups excluding carboxylic acids is 2. The second-order valence-corrected chi connectivity index (χ2v) is 5.36. The Morgan fingerprint density at radius 1 is 1.29 bits per heavy atom. The summed E-state index contributed by atoms with van der Waals surface area (Å²) in [7, 11) is 0. The fraction of sp³-hybridized carbons (Fsp3) is 0.333. The number of fused-ring (bicyclic) bond motifs is 1. The van der Waals surface area contributed by atoms with Crippen molar-refractivity contribution in [2.75, 3.05) is 0 Å². The standard InChI is InChI=1S/C12H11BrN2O2/c13-9-8-4-2-1-3-7(8)5-6-12(9)10(16)14-11(17)15-12/h1-4,9H,5-6H2,(H2,14,15,16,17). The van der Waals surface area contributed by atoms with Crippen LogP contribution in [-0.4, -0.2) is 17.5 Å². The van der Waals surface area contributed by atoms with Crippen molar-refractivity contribution in [3.63, 3.8) is 0 Å². The molecule has 2 N–H and O–H groups in total. The van der Waals surface area contributed by atoms with E-state index < -0.39 is 11.6 Å². The molecule has 0 saturated carbocycles. The lowest BCUT2D eigenvalue weighted by Gasteiger charge is -2.36. The number of carbonyl (C=O) groups is 2. The maximum absolute atomic E-state index is 12.0. The van der Waals surface area contributed by atoms with Gasteiger partial charge in [0.2, 0.25) is 0 Å². The van der Waals surface area contributed by atoms with E-state index in [-0.39, 0.29) is 10.7 Å². The van der Waals surface area contributed by atoms with Crippen LogP contribution in [0.15, 0.2) is 24.3 Å². The first-order chi connectivity index (χ1) is 8.13. The maximum atomic E-state index is 12.0. The molecule has 0 bridgehead atoms. The van der Waals surface area contributed by atoms with Gasteiger partial charge in [-0.15, -0.1) is 0 Å². The van der Waals surface area contributed by atoms with Gasteiger partial charge in [-0.05, 0) is 24.0 Å². The van der Waals surface area contributed by atoms with Crippen molar-refractivity contribution in [1.82, 2.24) is 10.6 Å². The van der Waals surface area contributed by atoms with Crippen LogP contribution in [0.1, 0.15) is 22.4 Å². The van der Waals surface area contributed by atoms with E-state index in [0.29, 0.717) is 6.42 Å². The van der Waals surface area contributed by atoms with Crippen LogP contribution in [-0.2, 0) is 11.2 Å². The van der Waals surface area contributed by atoms with Gasteiger partial charge in [0.25, 0.3) is 5.91 Å². The van der Waals surface area contributed by atoms with Gasteiger partial charge >= 0.3 is 6.03 Å². The number of rotatable bonds is 0. The minimum absolute atomic E-state index is 0.175. The molecule has 5 heteroatoms. The zero-order valence-corrected chi connectivity index (χ0v) is 10.6. The molecule has 0 aromatic heterocycles. The molecule has 4 nitrogen and oxygen atoms in total. The van der Waals surface area contributed by atoms with Crippen LogP contribution in [0.4, 0.5) is 4.79 Å². The summed E-state index contributed by atoms with van der Waals surface area (Å²) < 4.78 is 0. The van der Waals surface area contributed by atoms with E-state index in [2.05, 4.69) is 32.6 Å². The average Bonchev–Trinajstić information content (AvgIpc) is 2.61. The number of hydrogen-bond donors (Lipinski definition) is 2. The zero-order chi connectivity index (χ0) is 12.0. The molecule has 1 aliphatic heterocycles. The number of aryl methyl sites for hydroxylation is 1. The molecule has 1 spiro atoms. The topological polar surface area (TPSA) is 58.2 Å². The van der Waals surface area contributed by atoms with Crippen LogP contribution in [0, 0.1) is 0 Å². The van der Waals surface area contributed by atoms with E-state index in [1.165, 1.54) is 5.56 Å². The Hall–Kier alpha value is -1.36. The summed E-state index contributed by atoms with van der Waals surface area (Å²) in [5.74, 6) is -0.237. The molecule has 0 radical (unpaired) electrons. The smallest absolute Gasteiger partial charge is 0.322 e. The summed E-state index contributed by atoms with van der Waals surface area (Å²) in [5.41, 5.74) is 1.48. The van der Waals surface area contributed by atoms with Gasteiger partial charge in [-0.3, -0.25) is 10.1 Å². The first kappa shape index (κ1) is 10.8. The van der Waals surface area contributed by atoms with E-state index in [1.807, 2.05) is 18.2 Å². The zero-order valence-electron chi connectivity index (χ0n) is 9.00. The molecule has 3 rings (SSSR count). The number of imide groups is 1. The normalized spacial score (nSPS) is 31.0. The van der Waals surface area contributed by atoms with Crippen LogP contribution >= 0.6 is 15.9 Å². The van der Waals surface area contributed by atoms with Gasteiger partial charge in [-0.25, -0.2) is 4.79 Å². The van der Waals surface area contributed by atoms with Crippen LogP contribution in [0.3, 0.4) is 0 Å². The van der Waals surface area contributed by atoms with Gasteiger partial charge in [0.15, 0.2) is 0 Å². The van der Waals surface area contributed by atoms with Crippen molar-refractivity contribution in [2.45, 2.75) is 23.2 Å². The fourth-order valence-electron chi connectivity index (χ4n) is 2.59. The molecule has 1 aliphatic carbocycles. The van der Waals surface area contributed by atoms with Gasteiger partial charge in [-0.1, -0.05) is 40.2 Å². The fourth-order valence-corrected chi connectivity index (χ4v) is 3.59. The lowest BCUT2D eigenvalue weighted by atomic mass is 9.78. The monoisotopic (exact) mass is 294 g/mol. The third-order valence-corrected chi connectivity index (χ3v) is 4.79. The number of amides is 3. The van der Waals surface area contributed by atoms with E-state index >= 15 is 0 Å². The number of alkyl halides is 1. The molecule has 88 valence electrons. The van der Waals surface area contributed by atoms with Crippen molar-refractivity contribution >= 4 is 27.9 Å². The Morgan fingerprint density at radius 2 is 2.06 bits per heavy atom. The molecule has 3 amide bonds. The second kappa shape index (κ2) is 3.57. The Bertz CT molecular complexity index is 517. The Kier molecular flexibility index (Phi) is 2.26. The Morgan fingerprint density at radius 3 is 2.76 bits per heavy atom. The Balaban J connectivity index is 2.07. The first-order valence-corrected chi connectivity index (χ1v) is 6.40. The van der Waals surface area contributed by atoms with Crippen molar-refractivity contribution in [3.8, 4) is 0 Å². The summed E-state index contributed by atoms with van der Waals surface area (Å²) in [5, 5.41) is 5.08. The number of halogens is 1. The average molecular weight is 295 g/mol. The molecule has 2 aliphatic rings. The molecule has 1 aromatic rings. The summed E-state index contributed by atoms with van der Waals surface area (Å²) in [6.45, 7) is 0. The van der Waals surface area contributed by atoms with Gasteiger partial charge in [0, 0.05) is 0 Å². The largest absolute Gasteiger partial charge is 0.322 e. The van der Waals surface area contributed by atoms with Gasteiger partial charge in [0.1, 0.15) is 5.54 Å². The van der Waals surface area contributed by atoms with Crippen molar-refractivity contribution < 1.29 is 9.59 Å². The minimum Gasteiger partial charge on any atom is -0.322 e. The van der Waals surface area contributed by atoms with E-state index in [4.69, 9.17) is 0 Å². The predicted octanol–water partition coefficient (Wildman–Crippen LogP) is 1.65. The number of hydrogen-bond acceptors (Lipinski definition) is 2. The van der Waals surface area contributed by atoms with Crippen LogP contribution in [0.2, 0.25) is 0 Å². The molecule has 1 aromatic carbocycles. The van der Waals surface area contributed by atoms with Gasteiger partial charge in [-0.2, -0.15) is 0 Å². The van der Waals surface area contributed by atoms with E-state index in [0.717, 1.165) is 12.0 Å². The van der Waals surface area contributed by atoms with Gasteiger partial charge < -0.3 is 5.32 Å². The van der Waals surface area contributed by atoms with Crippen LogP contribution in [0.25, 0.3) is 0 Å². The molecular formula is C12H11BrN2O2. The molecular weight excluding hydrogens is 284 g/mol. The highest BCUT2D eigenvalue weighted by molar-refractivity contribution is 9.09. The van der Waals surface area contributed by atoms with E-state index in [1.54, 1.807) is 0 Å². The van der Waals surface area contributed by atoms with E-state index in [9.17, 15) is 9.59 Å². The van der Waals surface area contributed by atoms with Crippen LogP contribution < -0.4 is 10.6 Å². The number of urea groups is 1. The van der Waals surface area contributed by atoms with Crippen molar-refractivity contribution in [2.24, 2.45) is 0 Å². The minimum atomic E-state index is -0.828. The maximum Gasteiger partial charge on any atom is 0.322 e. The molecule has 17 heavy (non-hydrogen) atoms. The highest BCUT2D eigenvalue weighted by atomic mass is 79.9. The first-order valence-electron chi connectivity index (χ1n) is 5.49. The predicted molar refractivity (Wildman–Crippen MR) is 65.8 cm³/mol. The summed E-state index contributed by atoms with van der Waals surface area (Å²) in [4.78, 5) is 23.1. The summed E-state index contributed by atoms with van der Waals surface area (Å²) in [6.07, 6.45) is 1.42. The highest BCUT2D eigenvalue weighted by Gasteiger charge is 2.53. The number of nitrogens with one attached hydrogen (secondary N) is 2. The van der Waals surface area contributed by atoms with Gasteiger partial charge in [0.05, 0.1) is 4.83 Å². The molecule has 2 unspecified atom stereocenters. The molecule has 2 atom stereocenters. The molecule has 1 heterocycles.